The number of benzene rings is 1. The van der Waals surface area contributed by atoms with Gasteiger partial charge in [-0.25, -0.2) is 4.98 Å². The largest absolute Gasteiger partial charge is 0.303 e. The van der Waals surface area contributed by atoms with Crippen molar-refractivity contribution in [1.29, 1.82) is 0 Å². The zero-order valence-corrected chi connectivity index (χ0v) is 13.1. The molecule has 0 radical (unpaired) electrons. The van der Waals surface area contributed by atoms with Crippen LogP contribution in [0.1, 0.15) is 31.5 Å². The van der Waals surface area contributed by atoms with Gasteiger partial charge >= 0.3 is 0 Å². The van der Waals surface area contributed by atoms with Crippen molar-refractivity contribution in [2.24, 2.45) is 0 Å². The van der Waals surface area contributed by atoms with Gasteiger partial charge in [-0.15, -0.1) is 0 Å². The molecule has 0 aliphatic carbocycles. The minimum Gasteiger partial charge on any atom is -0.303 e. The van der Waals surface area contributed by atoms with Gasteiger partial charge in [-0.05, 0) is 25.9 Å². The number of H-pyrrole nitrogens is 1. The second-order valence-corrected chi connectivity index (χ2v) is 5.92. The van der Waals surface area contributed by atoms with E-state index in [-0.39, 0.29) is 5.69 Å². The fraction of sp³-hybridized carbons (Fsp3) is 0.500. The van der Waals surface area contributed by atoms with Crippen LogP contribution in [0.25, 0.3) is 11.4 Å². The number of aromatic amines is 1. The number of hydrogen-bond acceptors (Lipinski definition) is 5. The Kier molecular flexibility index (Phi) is 4.97. The van der Waals surface area contributed by atoms with Gasteiger partial charge in [-0.2, -0.15) is 5.10 Å². The molecule has 0 amide bonds. The van der Waals surface area contributed by atoms with E-state index in [1.165, 1.54) is 37.8 Å². The lowest BCUT2D eigenvalue weighted by atomic mass is 10.2. The Morgan fingerprint density at radius 2 is 2.00 bits per heavy atom. The molecule has 0 saturated carbocycles. The van der Waals surface area contributed by atoms with E-state index in [1.807, 2.05) is 0 Å². The van der Waals surface area contributed by atoms with Crippen molar-refractivity contribution in [3.63, 3.8) is 0 Å². The minimum atomic E-state index is -0.406. The molecule has 0 spiro atoms. The molecular weight excluding hydrogens is 294 g/mol. The van der Waals surface area contributed by atoms with E-state index in [0.29, 0.717) is 11.4 Å². The van der Waals surface area contributed by atoms with Gasteiger partial charge < -0.3 is 4.90 Å². The van der Waals surface area contributed by atoms with Crippen molar-refractivity contribution in [1.82, 2.24) is 20.1 Å². The third-order valence-corrected chi connectivity index (χ3v) is 4.21. The van der Waals surface area contributed by atoms with Gasteiger partial charge in [0.05, 0.1) is 4.92 Å². The van der Waals surface area contributed by atoms with Crippen LogP contribution in [0.5, 0.6) is 0 Å². The van der Waals surface area contributed by atoms with Crippen molar-refractivity contribution in [3.05, 3.63) is 40.2 Å². The number of rotatable bonds is 5. The molecular formula is C16H21N5O2. The highest BCUT2D eigenvalue weighted by Gasteiger charge is 2.13. The van der Waals surface area contributed by atoms with Crippen molar-refractivity contribution in [2.75, 3.05) is 19.6 Å². The SMILES string of the molecule is O=[N+]([O-])c1cccc(-c2n[nH]c(CCN3CCCCCC3)n2)c1. The Balaban J connectivity index is 1.63. The lowest BCUT2D eigenvalue weighted by Crippen LogP contribution is -2.27. The summed E-state index contributed by atoms with van der Waals surface area (Å²) in [5.74, 6) is 1.34. The number of hydrogen-bond donors (Lipinski definition) is 1. The lowest BCUT2D eigenvalue weighted by Gasteiger charge is -2.18. The summed E-state index contributed by atoms with van der Waals surface area (Å²) in [6, 6.07) is 6.41. The smallest absolute Gasteiger partial charge is 0.270 e. The third-order valence-electron chi connectivity index (χ3n) is 4.21. The topological polar surface area (TPSA) is 87.9 Å². The van der Waals surface area contributed by atoms with Crippen molar-refractivity contribution < 1.29 is 4.92 Å². The molecule has 1 saturated heterocycles. The normalized spacial score (nSPS) is 16.2. The Labute approximate surface area is 134 Å². The first-order valence-electron chi connectivity index (χ1n) is 8.11. The number of non-ortho nitro benzene ring substituents is 1. The first kappa shape index (κ1) is 15.6. The van der Waals surface area contributed by atoms with Crippen LogP contribution in [-0.2, 0) is 6.42 Å². The van der Waals surface area contributed by atoms with Crippen LogP contribution >= 0.6 is 0 Å². The molecule has 23 heavy (non-hydrogen) atoms. The lowest BCUT2D eigenvalue weighted by molar-refractivity contribution is -0.384. The predicted molar refractivity (Wildman–Crippen MR) is 87.1 cm³/mol. The van der Waals surface area contributed by atoms with Crippen LogP contribution in [0.3, 0.4) is 0 Å². The zero-order valence-electron chi connectivity index (χ0n) is 13.1. The van der Waals surface area contributed by atoms with Gasteiger partial charge in [0.15, 0.2) is 5.82 Å². The summed E-state index contributed by atoms with van der Waals surface area (Å²) in [6.07, 6.45) is 6.03. The van der Waals surface area contributed by atoms with E-state index in [4.69, 9.17) is 0 Å². The molecule has 1 aromatic carbocycles. The molecule has 0 unspecified atom stereocenters. The van der Waals surface area contributed by atoms with Gasteiger partial charge in [0.25, 0.3) is 5.69 Å². The highest BCUT2D eigenvalue weighted by Crippen LogP contribution is 2.20. The molecule has 0 atom stereocenters. The van der Waals surface area contributed by atoms with Crippen molar-refractivity contribution in [3.8, 4) is 11.4 Å². The number of nitro groups is 1. The van der Waals surface area contributed by atoms with Crippen LogP contribution in [-0.4, -0.2) is 44.6 Å². The van der Waals surface area contributed by atoms with Crippen molar-refractivity contribution >= 4 is 5.69 Å². The quantitative estimate of drug-likeness (QED) is 0.677. The summed E-state index contributed by atoms with van der Waals surface area (Å²) in [7, 11) is 0. The van der Waals surface area contributed by atoms with Gasteiger partial charge in [0.1, 0.15) is 5.82 Å². The van der Waals surface area contributed by atoms with Crippen LogP contribution in [0.4, 0.5) is 5.69 Å². The summed E-state index contributed by atoms with van der Waals surface area (Å²) in [5, 5.41) is 18.0. The Bertz CT molecular complexity index is 662. The second kappa shape index (κ2) is 7.32. The number of likely N-dealkylation sites (tertiary alicyclic amines) is 1. The predicted octanol–water partition coefficient (Wildman–Crippen LogP) is 2.80. The summed E-state index contributed by atoms with van der Waals surface area (Å²) in [6.45, 7) is 3.29. The first-order chi connectivity index (χ1) is 11.2. The molecule has 7 nitrogen and oxygen atoms in total. The fourth-order valence-electron chi connectivity index (χ4n) is 2.92. The summed E-state index contributed by atoms with van der Waals surface area (Å²) >= 11 is 0. The molecule has 122 valence electrons. The summed E-state index contributed by atoms with van der Waals surface area (Å²) in [4.78, 5) is 17.4. The number of nitrogens with zero attached hydrogens (tertiary/aromatic N) is 4. The maximum atomic E-state index is 10.8. The number of nitro benzene ring substituents is 1. The van der Waals surface area contributed by atoms with Gasteiger partial charge in [-0.1, -0.05) is 25.0 Å². The molecule has 1 fully saturated rings. The maximum absolute atomic E-state index is 10.8. The minimum absolute atomic E-state index is 0.0541. The zero-order chi connectivity index (χ0) is 16.1. The van der Waals surface area contributed by atoms with Crippen LogP contribution < -0.4 is 0 Å². The standard InChI is InChI=1S/C16H21N5O2/c22-21(23)14-7-5-6-13(12-14)16-17-15(18-19-16)8-11-20-9-3-1-2-4-10-20/h5-7,12H,1-4,8-11H2,(H,17,18,19). The van der Waals surface area contributed by atoms with Crippen LogP contribution in [0.2, 0.25) is 0 Å². The molecule has 1 aliphatic heterocycles. The molecule has 3 rings (SSSR count). The van der Waals surface area contributed by atoms with E-state index < -0.39 is 4.92 Å². The third kappa shape index (κ3) is 4.13. The van der Waals surface area contributed by atoms with Gasteiger partial charge in [0, 0.05) is 30.7 Å². The monoisotopic (exact) mass is 315 g/mol. The molecule has 1 aromatic heterocycles. The van der Waals surface area contributed by atoms with E-state index in [2.05, 4.69) is 20.1 Å². The van der Waals surface area contributed by atoms with Crippen LogP contribution in [0.15, 0.2) is 24.3 Å². The average Bonchev–Trinajstić information content (AvgIpc) is 2.89. The van der Waals surface area contributed by atoms with E-state index in [1.54, 1.807) is 12.1 Å². The number of nitrogens with one attached hydrogen (secondary N) is 1. The van der Waals surface area contributed by atoms with E-state index in [0.717, 1.165) is 31.9 Å². The highest BCUT2D eigenvalue weighted by molar-refractivity contribution is 5.58. The Morgan fingerprint density at radius 3 is 2.74 bits per heavy atom. The Hall–Kier alpha value is -2.28. The Morgan fingerprint density at radius 1 is 1.22 bits per heavy atom. The summed E-state index contributed by atoms with van der Waals surface area (Å²) in [5.41, 5.74) is 0.717. The van der Waals surface area contributed by atoms with Gasteiger partial charge in [-0.3, -0.25) is 15.2 Å². The molecule has 2 heterocycles. The van der Waals surface area contributed by atoms with Crippen LogP contribution in [0, 0.1) is 10.1 Å². The molecule has 0 bridgehead atoms. The molecule has 1 aliphatic rings. The first-order valence-corrected chi connectivity index (χ1v) is 8.11. The fourth-order valence-corrected chi connectivity index (χ4v) is 2.92. The molecule has 1 N–H and O–H groups in total. The summed E-state index contributed by atoms with van der Waals surface area (Å²) < 4.78 is 0. The van der Waals surface area contributed by atoms with Gasteiger partial charge in [0.2, 0.25) is 0 Å². The average molecular weight is 315 g/mol. The highest BCUT2D eigenvalue weighted by atomic mass is 16.6. The van der Waals surface area contributed by atoms with E-state index >= 15 is 0 Å². The molecule has 2 aromatic rings. The van der Waals surface area contributed by atoms with E-state index in [9.17, 15) is 10.1 Å². The molecule has 7 heteroatoms. The maximum Gasteiger partial charge on any atom is 0.270 e. The second-order valence-electron chi connectivity index (χ2n) is 5.92. The van der Waals surface area contributed by atoms with Crippen molar-refractivity contribution in [2.45, 2.75) is 32.1 Å². The number of aromatic nitrogens is 3.